The van der Waals surface area contributed by atoms with Gasteiger partial charge in [-0.2, -0.15) is 11.8 Å². The van der Waals surface area contributed by atoms with Crippen molar-refractivity contribution in [2.75, 3.05) is 24.7 Å². The summed E-state index contributed by atoms with van der Waals surface area (Å²) >= 11 is 7.51. The van der Waals surface area contributed by atoms with Crippen LogP contribution in [0.5, 0.6) is 0 Å². The van der Waals surface area contributed by atoms with E-state index in [1.807, 2.05) is 16.7 Å². The van der Waals surface area contributed by atoms with E-state index in [2.05, 4.69) is 6.92 Å². The van der Waals surface area contributed by atoms with Crippen LogP contribution in [-0.4, -0.2) is 40.8 Å². The highest BCUT2D eigenvalue weighted by Crippen LogP contribution is 2.21. The predicted molar refractivity (Wildman–Crippen MR) is 58.5 cm³/mol. The summed E-state index contributed by atoms with van der Waals surface area (Å²) in [7, 11) is 0. The van der Waals surface area contributed by atoms with Crippen molar-refractivity contribution in [1.29, 1.82) is 0 Å². The summed E-state index contributed by atoms with van der Waals surface area (Å²) in [5.41, 5.74) is 0. The van der Waals surface area contributed by atoms with Gasteiger partial charge >= 0.3 is 0 Å². The van der Waals surface area contributed by atoms with Crippen molar-refractivity contribution < 1.29 is 4.79 Å². The monoisotopic (exact) mass is 221 g/mol. The second kappa shape index (κ2) is 5.76. The van der Waals surface area contributed by atoms with Gasteiger partial charge in [0.15, 0.2) is 0 Å². The summed E-state index contributed by atoms with van der Waals surface area (Å²) in [6.45, 7) is 3.99. The fraction of sp³-hybridized carbons (Fsp3) is 0.889. The number of nitrogens with zero attached hydrogens (tertiary/aromatic N) is 1. The van der Waals surface area contributed by atoms with Crippen molar-refractivity contribution in [1.82, 2.24) is 4.90 Å². The Balaban J connectivity index is 2.37. The van der Waals surface area contributed by atoms with Gasteiger partial charge in [-0.05, 0) is 6.42 Å². The highest BCUT2D eigenvalue weighted by Gasteiger charge is 2.21. The van der Waals surface area contributed by atoms with Gasteiger partial charge in [0.05, 0.1) is 0 Å². The zero-order valence-corrected chi connectivity index (χ0v) is 9.53. The van der Waals surface area contributed by atoms with Crippen molar-refractivity contribution in [2.24, 2.45) is 0 Å². The molecule has 0 saturated carbocycles. The largest absolute Gasteiger partial charge is 0.341 e. The number of hydrogen-bond donors (Lipinski definition) is 0. The SMILES string of the molecule is CCC1CN(C(=O)CCCl)CCS1. The van der Waals surface area contributed by atoms with E-state index in [1.54, 1.807) is 0 Å². The molecule has 1 rings (SSSR count). The first-order valence-electron chi connectivity index (χ1n) is 4.73. The van der Waals surface area contributed by atoms with Gasteiger partial charge in [0.1, 0.15) is 0 Å². The number of alkyl halides is 1. The van der Waals surface area contributed by atoms with Crippen LogP contribution in [0, 0.1) is 0 Å². The maximum atomic E-state index is 11.5. The number of halogens is 1. The van der Waals surface area contributed by atoms with Crippen LogP contribution in [0.3, 0.4) is 0 Å². The number of rotatable bonds is 3. The lowest BCUT2D eigenvalue weighted by Gasteiger charge is -2.31. The normalized spacial score (nSPS) is 23.2. The third-order valence-corrected chi connectivity index (χ3v) is 3.82. The molecule has 1 amide bonds. The Kier molecular flexibility index (Phi) is 4.96. The number of amides is 1. The first kappa shape index (κ1) is 11.2. The quantitative estimate of drug-likeness (QED) is 0.680. The van der Waals surface area contributed by atoms with E-state index in [9.17, 15) is 4.79 Å². The van der Waals surface area contributed by atoms with Crippen LogP contribution in [-0.2, 0) is 4.79 Å². The maximum Gasteiger partial charge on any atom is 0.223 e. The summed E-state index contributed by atoms with van der Waals surface area (Å²) < 4.78 is 0. The standard InChI is InChI=1S/C9H16ClNOS/c1-2-8-7-11(5-6-13-8)9(12)3-4-10/h8H,2-7H2,1H3. The lowest BCUT2D eigenvalue weighted by molar-refractivity contribution is -0.130. The predicted octanol–water partition coefficient (Wildman–Crippen LogP) is 1.97. The van der Waals surface area contributed by atoms with Crippen LogP contribution < -0.4 is 0 Å². The molecule has 1 aliphatic rings. The lowest BCUT2D eigenvalue weighted by atomic mass is 10.3. The van der Waals surface area contributed by atoms with Gasteiger partial charge in [-0.25, -0.2) is 0 Å². The molecule has 0 aliphatic carbocycles. The smallest absolute Gasteiger partial charge is 0.223 e. The molecule has 1 heterocycles. The summed E-state index contributed by atoms with van der Waals surface area (Å²) in [4.78, 5) is 13.4. The van der Waals surface area contributed by atoms with Crippen LogP contribution in [0.1, 0.15) is 19.8 Å². The second-order valence-electron chi connectivity index (χ2n) is 3.18. The molecule has 0 spiro atoms. The van der Waals surface area contributed by atoms with E-state index in [1.165, 1.54) is 0 Å². The molecule has 1 fully saturated rings. The van der Waals surface area contributed by atoms with Crippen molar-refractivity contribution >= 4 is 29.3 Å². The molecule has 0 N–H and O–H groups in total. The second-order valence-corrected chi connectivity index (χ2v) is 4.97. The van der Waals surface area contributed by atoms with Crippen molar-refractivity contribution in [3.8, 4) is 0 Å². The van der Waals surface area contributed by atoms with Gasteiger partial charge in [-0.1, -0.05) is 6.92 Å². The molecular weight excluding hydrogens is 206 g/mol. The van der Waals surface area contributed by atoms with Gasteiger partial charge in [0.2, 0.25) is 5.91 Å². The molecule has 4 heteroatoms. The fourth-order valence-corrected chi connectivity index (χ4v) is 2.77. The summed E-state index contributed by atoms with van der Waals surface area (Å²) in [6.07, 6.45) is 1.64. The molecule has 0 radical (unpaired) electrons. The Hall–Kier alpha value is 0.110. The Bertz CT molecular complexity index is 177. The van der Waals surface area contributed by atoms with Gasteiger partial charge in [0, 0.05) is 36.4 Å². The van der Waals surface area contributed by atoms with Gasteiger partial charge in [-0.15, -0.1) is 11.6 Å². The zero-order valence-electron chi connectivity index (χ0n) is 7.96. The number of thioether (sulfide) groups is 1. The molecule has 0 aromatic rings. The third kappa shape index (κ3) is 3.39. The van der Waals surface area contributed by atoms with Crippen molar-refractivity contribution in [2.45, 2.75) is 25.0 Å². The first-order valence-corrected chi connectivity index (χ1v) is 6.31. The molecule has 1 atom stereocenters. The first-order chi connectivity index (χ1) is 6.27. The van der Waals surface area contributed by atoms with Gasteiger partial charge in [0.25, 0.3) is 0 Å². The number of carbonyl (C=O) groups is 1. The van der Waals surface area contributed by atoms with Crippen molar-refractivity contribution in [3.63, 3.8) is 0 Å². The molecule has 1 saturated heterocycles. The molecular formula is C9H16ClNOS. The van der Waals surface area contributed by atoms with Crippen molar-refractivity contribution in [3.05, 3.63) is 0 Å². The van der Waals surface area contributed by atoms with E-state index >= 15 is 0 Å². The van der Waals surface area contributed by atoms with Crippen LogP contribution in [0.25, 0.3) is 0 Å². The molecule has 0 bridgehead atoms. The molecule has 0 aromatic carbocycles. The molecule has 13 heavy (non-hydrogen) atoms. The molecule has 0 aromatic heterocycles. The summed E-state index contributed by atoms with van der Waals surface area (Å²) in [6, 6.07) is 0. The van der Waals surface area contributed by atoms with E-state index in [-0.39, 0.29) is 5.91 Å². The Morgan fingerprint density at radius 1 is 1.69 bits per heavy atom. The molecule has 1 aliphatic heterocycles. The highest BCUT2D eigenvalue weighted by molar-refractivity contribution is 8.00. The average Bonchev–Trinajstić information content (AvgIpc) is 2.18. The minimum absolute atomic E-state index is 0.216. The number of carbonyl (C=O) groups excluding carboxylic acids is 1. The van der Waals surface area contributed by atoms with Crippen LogP contribution in [0.2, 0.25) is 0 Å². The summed E-state index contributed by atoms with van der Waals surface area (Å²) in [5, 5.41) is 0.632. The Morgan fingerprint density at radius 3 is 3.08 bits per heavy atom. The van der Waals surface area contributed by atoms with Gasteiger partial charge in [-0.3, -0.25) is 4.79 Å². The average molecular weight is 222 g/mol. The van der Waals surface area contributed by atoms with E-state index in [0.29, 0.717) is 17.6 Å². The maximum absolute atomic E-state index is 11.5. The van der Waals surface area contributed by atoms with E-state index < -0.39 is 0 Å². The third-order valence-electron chi connectivity index (χ3n) is 2.26. The van der Waals surface area contributed by atoms with E-state index in [4.69, 9.17) is 11.6 Å². The van der Waals surface area contributed by atoms with Gasteiger partial charge < -0.3 is 4.90 Å². The molecule has 2 nitrogen and oxygen atoms in total. The zero-order chi connectivity index (χ0) is 9.68. The summed E-state index contributed by atoms with van der Waals surface area (Å²) in [5.74, 6) is 1.74. The number of hydrogen-bond acceptors (Lipinski definition) is 2. The lowest BCUT2D eigenvalue weighted by Crippen LogP contribution is -2.41. The fourth-order valence-electron chi connectivity index (χ4n) is 1.43. The van der Waals surface area contributed by atoms with Crippen LogP contribution in [0.4, 0.5) is 0 Å². The molecule has 76 valence electrons. The van der Waals surface area contributed by atoms with Crippen LogP contribution >= 0.6 is 23.4 Å². The Labute approximate surface area is 89.0 Å². The minimum Gasteiger partial charge on any atom is -0.341 e. The highest BCUT2D eigenvalue weighted by atomic mass is 35.5. The Morgan fingerprint density at radius 2 is 2.46 bits per heavy atom. The molecule has 1 unspecified atom stereocenters. The topological polar surface area (TPSA) is 20.3 Å². The van der Waals surface area contributed by atoms with Crippen LogP contribution in [0.15, 0.2) is 0 Å². The van der Waals surface area contributed by atoms with E-state index in [0.717, 1.165) is 25.3 Å². The minimum atomic E-state index is 0.216.